The predicted octanol–water partition coefficient (Wildman–Crippen LogP) is 5.23. The monoisotopic (exact) mass is 504 g/mol. The average molecular weight is 505 g/mol. The number of aliphatic hydroxyl groups is 2. The van der Waals surface area contributed by atoms with Gasteiger partial charge < -0.3 is 15.5 Å². The predicted molar refractivity (Wildman–Crippen MR) is 143 cm³/mol. The third-order valence-electron chi connectivity index (χ3n) is 7.73. The molecule has 196 valence electrons. The Morgan fingerprint density at radius 1 is 1.20 bits per heavy atom. The molecular formula is C28H44N2O4S. The number of rotatable bonds is 2. The van der Waals surface area contributed by atoms with E-state index in [1.165, 1.54) is 5.57 Å². The Hall–Kier alpha value is -1.83. The van der Waals surface area contributed by atoms with Gasteiger partial charge in [-0.3, -0.25) is 9.59 Å². The van der Waals surface area contributed by atoms with Gasteiger partial charge in [0.1, 0.15) is 5.78 Å². The van der Waals surface area contributed by atoms with Crippen LogP contribution in [0.1, 0.15) is 91.3 Å². The van der Waals surface area contributed by atoms with Gasteiger partial charge in [-0.25, -0.2) is 4.98 Å². The summed E-state index contributed by atoms with van der Waals surface area (Å²) >= 11 is 1.58. The fraction of sp³-hybridized carbons (Fsp3) is 0.679. The van der Waals surface area contributed by atoms with E-state index >= 15 is 0 Å². The minimum absolute atomic E-state index is 0.0390. The van der Waals surface area contributed by atoms with Gasteiger partial charge in [-0.2, -0.15) is 0 Å². The lowest BCUT2D eigenvalue weighted by molar-refractivity contribution is -0.143. The third kappa shape index (κ3) is 7.58. The van der Waals surface area contributed by atoms with Gasteiger partial charge >= 0.3 is 0 Å². The highest BCUT2D eigenvalue weighted by atomic mass is 32.1. The minimum Gasteiger partial charge on any atom is -0.392 e. The van der Waals surface area contributed by atoms with Gasteiger partial charge in [0.15, 0.2) is 0 Å². The Balaban J connectivity index is 2.41. The number of ketones is 1. The van der Waals surface area contributed by atoms with Crippen LogP contribution in [0.15, 0.2) is 22.6 Å². The molecular weight excluding hydrogens is 460 g/mol. The molecule has 3 N–H and O–H groups in total. The largest absolute Gasteiger partial charge is 0.392 e. The van der Waals surface area contributed by atoms with Crippen LogP contribution in [0, 0.1) is 24.2 Å². The van der Waals surface area contributed by atoms with Crippen molar-refractivity contribution < 1.29 is 19.8 Å². The number of allylic oxidation sites excluding steroid dienone is 1. The number of carbonyl (C=O) groups is 2. The number of Topliss-reactive ketones (excluding diaryl/α,β-unsaturated/α-hetero) is 1. The van der Waals surface area contributed by atoms with Crippen LogP contribution in [0.3, 0.4) is 0 Å². The van der Waals surface area contributed by atoms with Crippen molar-refractivity contribution in [2.45, 2.75) is 105 Å². The summed E-state index contributed by atoms with van der Waals surface area (Å²) in [5.41, 5.74) is 1.22. The maximum atomic E-state index is 13.2. The Labute approximate surface area is 214 Å². The number of aromatic nitrogens is 1. The minimum atomic E-state index is -1.17. The first-order valence-electron chi connectivity index (χ1n) is 12.7. The van der Waals surface area contributed by atoms with Crippen LogP contribution in [0.4, 0.5) is 0 Å². The van der Waals surface area contributed by atoms with E-state index in [0.29, 0.717) is 6.42 Å². The molecule has 1 aromatic heterocycles. The van der Waals surface area contributed by atoms with E-state index in [2.05, 4.69) is 23.3 Å². The summed E-state index contributed by atoms with van der Waals surface area (Å²) in [4.78, 5) is 30.9. The van der Waals surface area contributed by atoms with E-state index in [9.17, 15) is 19.8 Å². The van der Waals surface area contributed by atoms with Crippen LogP contribution in [0.2, 0.25) is 0 Å². The molecule has 1 aliphatic heterocycles. The quantitative estimate of drug-likeness (QED) is 0.479. The molecule has 1 aliphatic rings. The standard InChI is InChI=1S/C28H44N2O4S/c1-17-10-9-11-18(2)25(33)20(4)26(34)27(6,7)23(31)15-24(32)30-28(8,13-12-17)19(3)14-22-16-35-21(5)29-22/h12,14,16,18,20,23,25,31,33H,9-11,13,15H2,1-8H3,(H,30,32)/b17-12-,19-14+/t18-,20+,23-,25-,28-/m0/s1. The molecule has 0 radical (unpaired) electrons. The number of aryl methyl sites for hydroxylation is 1. The Morgan fingerprint density at radius 3 is 2.46 bits per heavy atom. The SMILES string of the molecule is C/C1=C/C[C@@](C)(/C(C)=C/c2csc(C)n2)NC(=O)C[C@H](O)C(C)(C)C(=O)[C@H](C)[C@@H](O)[C@@H](C)CCC1. The second-order valence-corrected chi connectivity index (χ2v) is 12.3. The highest BCUT2D eigenvalue weighted by Gasteiger charge is 2.42. The first kappa shape index (κ1) is 29.4. The zero-order chi connectivity index (χ0) is 26.6. The highest BCUT2D eigenvalue weighted by Crippen LogP contribution is 2.33. The smallest absolute Gasteiger partial charge is 0.223 e. The molecule has 0 unspecified atom stereocenters. The topological polar surface area (TPSA) is 99.5 Å². The van der Waals surface area contributed by atoms with Gasteiger partial charge in [-0.1, -0.05) is 39.3 Å². The first-order valence-corrected chi connectivity index (χ1v) is 13.5. The molecule has 2 heterocycles. The van der Waals surface area contributed by atoms with E-state index in [-0.39, 0.29) is 24.0 Å². The normalized spacial score (nSPS) is 33.7. The van der Waals surface area contributed by atoms with Crippen molar-refractivity contribution in [1.29, 1.82) is 0 Å². The zero-order valence-corrected chi connectivity index (χ0v) is 23.5. The summed E-state index contributed by atoms with van der Waals surface area (Å²) in [6, 6.07) is 0. The van der Waals surface area contributed by atoms with Gasteiger partial charge in [0.05, 0.1) is 40.3 Å². The van der Waals surface area contributed by atoms with Crippen LogP contribution >= 0.6 is 11.3 Å². The van der Waals surface area contributed by atoms with Gasteiger partial charge in [-0.05, 0) is 70.9 Å². The fourth-order valence-corrected chi connectivity index (χ4v) is 5.25. The summed E-state index contributed by atoms with van der Waals surface area (Å²) in [6.07, 6.45) is 5.23. The van der Waals surface area contributed by atoms with E-state index in [0.717, 1.165) is 35.5 Å². The molecule has 0 bridgehead atoms. The fourth-order valence-electron chi connectivity index (χ4n) is 4.68. The van der Waals surface area contributed by atoms with Crippen molar-refractivity contribution in [2.75, 3.05) is 0 Å². The molecule has 1 aromatic rings. The molecule has 2 rings (SSSR count). The van der Waals surface area contributed by atoms with Crippen molar-refractivity contribution in [3.05, 3.63) is 33.3 Å². The molecule has 6 nitrogen and oxygen atoms in total. The van der Waals surface area contributed by atoms with Crippen molar-refractivity contribution >= 4 is 29.1 Å². The average Bonchev–Trinajstić information content (AvgIpc) is 3.19. The van der Waals surface area contributed by atoms with Crippen molar-refractivity contribution in [1.82, 2.24) is 10.3 Å². The Bertz CT molecular complexity index is 964. The molecule has 7 heteroatoms. The third-order valence-corrected chi connectivity index (χ3v) is 8.52. The second kappa shape index (κ2) is 11.9. The summed E-state index contributed by atoms with van der Waals surface area (Å²) in [6.45, 7) is 15.0. The number of hydrogen-bond donors (Lipinski definition) is 3. The Kier molecular flexibility index (Phi) is 10.0. The first-order chi connectivity index (χ1) is 16.2. The van der Waals surface area contributed by atoms with Crippen molar-refractivity contribution in [3.8, 4) is 0 Å². The van der Waals surface area contributed by atoms with Crippen LogP contribution in [0.5, 0.6) is 0 Å². The number of hydrogen-bond acceptors (Lipinski definition) is 6. The number of thiazole rings is 1. The van der Waals surface area contributed by atoms with E-state index in [1.807, 2.05) is 39.2 Å². The molecule has 0 spiro atoms. The van der Waals surface area contributed by atoms with Crippen LogP contribution < -0.4 is 5.32 Å². The van der Waals surface area contributed by atoms with E-state index in [4.69, 9.17) is 0 Å². The van der Waals surface area contributed by atoms with E-state index < -0.39 is 29.1 Å². The summed E-state index contributed by atoms with van der Waals surface area (Å²) in [5, 5.41) is 27.9. The van der Waals surface area contributed by atoms with Crippen molar-refractivity contribution in [3.63, 3.8) is 0 Å². The molecule has 0 fully saturated rings. The van der Waals surface area contributed by atoms with Gasteiger partial charge in [-0.15, -0.1) is 11.3 Å². The second-order valence-electron chi connectivity index (χ2n) is 11.2. The van der Waals surface area contributed by atoms with Crippen molar-refractivity contribution in [2.24, 2.45) is 17.3 Å². The number of nitrogens with zero attached hydrogens (tertiary/aromatic N) is 1. The van der Waals surface area contributed by atoms with Crippen LogP contribution in [-0.4, -0.2) is 44.6 Å². The molecule has 5 atom stereocenters. The summed E-state index contributed by atoms with van der Waals surface area (Å²) in [5.74, 6) is -1.21. The van der Waals surface area contributed by atoms with Crippen LogP contribution in [-0.2, 0) is 9.59 Å². The maximum Gasteiger partial charge on any atom is 0.223 e. The molecule has 35 heavy (non-hydrogen) atoms. The maximum absolute atomic E-state index is 13.2. The zero-order valence-electron chi connectivity index (χ0n) is 22.6. The van der Waals surface area contributed by atoms with Gasteiger partial charge in [0.25, 0.3) is 0 Å². The molecule has 0 aliphatic carbocycles. The summed E-state index contributed by atoms with van der Waals surface area (Å²) < 4.78 is 0. The number of nitrogens with one attached hydrogen (secondary N) is 1. The number of amides is 1. The number of carbonyl (C=O) groups excluding carboxylic acids is 2. The molecule has 0 aromatic carbocycles. The summed E-state index contributed by atoms with van der Waals surface area (Å²) in [7, 11) is 0. The highest BCUT2D eigenvalue weighted by molar-refractivity contribution is 7.09. The molecule has 0 saturated carbocycles. The molecule has 0 saturated heterocycles. The lowest BCUT2D eigenvalue weighted by Gasteiger charge is -2.36. The van der Waals surface area contributed by atoms with Gasteiger partial charge in [0, 0.05) is 11.3 Å². The lowest BCUT2D eigenvalue weighted by atomic mass is 9.72. The Morgan fingerprint density at radius 2 is 1.86 bits per heavy atom. The van der Waals surface area contributed by atoms with Crippen LogP contribution in [0.25, 0.3) is 6.08 Å². The molecule has 1 amide bonds. The number of aliphatic hydroxyl groups excluding tert-OH is 2. The van der Waals surface area contributed by atoms with Gasteiger partial charge in [0.2, 0.25) is 5.91 Å². The van der Waals surface area contributed by atoms with E-state index in [1.54, 1.807) is 32.1 Å². The lowest BCUT2D eigenvalue weighted by Crippen LogP contribution is -2.50.